The smallest absolute Gasteiger partial charge is 0.258 e. The zero-order valence-corrected chi connectivity index (χ0v) is 13.7. The number of nitro groups is 1. The van der Waals surface area contributed by atoms with E-state index >= 15 is 0 Å². The van der Waals surface area contributed by atoms with E-state index in [9.17, 15) is 18.5 Å². The van der Waals surface area contributed by atoms with Crippen molar-refractivity contribution in [2.24, 2.45) is 0 Å². The maximum Gasteiger partial charge on any atom is 0.270 e. The van der Waals surface area contributed by atoms with Crippen molar-refractivity contribution in [3.63, 3.8) is 0 Å². The quantitative estimate of drug-likeness (QED) is 0.648. The third-order valence-electron chi connectivity index (χ3n) is 3.52. The highest BCUT2D eigenvalue weighted by atomic mass is 32.2. The first-order chi connectivity index (χ1) is 10.8. The molecule has 0 amide bonds. The molecule has 0 bridgehead atoms. The van der Waals surface area contributed by atoms with Gasteiger partial charge in [0.15, 0.2) is 0 Å². The summed E-state index contributed by atoms with van der Waals surface area (Å²) in [6.45, 7) is 3.83. The molecule has 2 aromatic rings. The summed E-state index contributed by atoms with van der Waals surface area (Å²) < 4.78 is 27.6. The van der Waals surface area contributed by atoms with E-state index in [0.717, 1.165) is 17.2 Å². The SMILES string of the molecule is CC[C@@H](NS(=O)(=O)c1cccc([N+](=O)[O-])c1)c1ccc(C)cc1. The van der Waals surface area contributed by atoms with Crippen molar-refractivity contribution < 1.29 is 13.3 Å². The van der Waals surface area contributed by atoms with Crippen molar-refractivity contribution in [2.45, 2.75) is 31.2 Å². The summed E-state index contributed by atoms with van der Waals surface area (Å²) in [5.41, 5.74) is 1.69. The lowest BCUT2D eigenvalue weighted by molar-refractivity contribution is -0.385. The molecule has 1 atom stereocenters. The lowest BCUT2D eigenvalue weighted by Gasteiger charge is -2.17. The van der Waals surface area contributed by atoms with Crippen molar-refractivity contribution >= 4 is 15.7 Å². The number of hydrogen-bond acceptors (Lipinski definition) is 4. The van der Waals surface area contributed by atoms with Gasteiger partial charge in [-0.3, -0.25) is 10.1 Å². The molecule has 7 heteroatoms. The van der Waals surface area contributed by atoms with E-state index in [4.69, 9.17) is 0 Å². The second-order valence-corrected chi connectivity index (χ2v) is 6.96. The maximum absolute atomic E-state index is 12.5. The van der Waals surface area contributed by atoms with Crippen molar-refractivity contribution in [2.75, 3.05) is 0 Å². The fourth-order valence-electron chi connectivity index (χ4n) is 2.21. The molecule has 0 radical (unpaired) electrons. The first-order valence-corrected chi connectivity index (χ1v) is 8.65. The van der Waals surface area contributed by atoms with E-state index in [1.54, 1.807) is 0 Å². The summed E-state index contributed by atoms with van der Waals surface area (Å²) >= 11 is 0. The van der Waals surface area contributed by atoms with Crippen LogP contribution in [0.25, 0.3) is 0 Å². The normalized spacial score (nSPS) is 12.8. The Balaban J connectivity index is 2.30. The Bertz CT molecular complexity index is 801. The van der Waals surface area contributed by atoms with E-state index in [1.807, 2.05) is 38.1 Å². The molecule has 122 valence electrons. The number of nitrogens with zero attached hydrogens (tertiary/aromatic N) is 1. The van der Waals surface area contributed by atoms with E-state index in [-0.39, 0.29) is 16.6 Å². The molecule has 0 fully saturated rings. The van der Waals surface area contributed by atoms with Crippen LogP contribution in [0.5, 0.6) is 0 Å². The summed E-state index contributed by atoms with van der Waals surface area (Å²) in [6.07, 6.45) is 0.567. The number of rotatable bonds is 6. The molecule has 6 nitrogen and oxygen atoms in total. The van der Waals surface area contributed by atoms with Gasteiger partial charge < -0.3 is 0 Å². The van der Waals surface area contributed by atoms with Crippen LogP contribution in [0.4, 0.5) is 5.69 Å². The molecular weight excluding hydrogens is 316 g/mol. The summed E-state index contributed by atoms with van der Waals surface area (Å²) in [5.74, 6) is 0. The highest BCUT2D eigenvalue weighted by molar-refractivity contribution is 7.89. The molecule has 0 spiro atoms. The Morgan fingerprint density at radius 1 is 1.17 bits per heavy atom. The van der Waals surface area contributed by atoms with Gasteiger partial charge in [0.1, 0.15) is 0 Å². The fraction of sp³-hybridized carbons (Fsp3) is 0.250. The van der Waals surface area contributed by atoms with Gasteiger partial charge in [0.2, 0.25) is 10.0 Å². The summed E-state index contributed by atoms with van der Waals surface area (Å²) in [5, 5.41) is 10.8. The third kappa shape index (κ3) is 4.14. The molecule has 0 aliphatic carbocycles. The number of sulfonamides is 1. The largest absolute Gasteiger partial charge is 0.270 e. The van der Waals surface area contributed by atoms with Gasteiger partial charge in [0.05, 0.1) is 9.82 Å². The molecule has 0 saturated heterocycles. The molecule has 0 aliphatic heterocycles. The molecule has 0 unspecified atom stereocenters. The van der Waals surface area contributed by atoms with Gasteiger partial charge in [-0.15, -0.1) is 0 Å². The van der Waals surface area contributed by atoms with E-state index in [0.29, 0.717) is 6.42 Å². The number of nitro benzene ring substituents is 1. The average Bonchev–Trinajstić information content (AvgIpc) is 2.53. The minimum atomic E-state index is -3.84. The summed E-state index contributed by atoms with van der Waals surface area (Å²) in [4.78, 5) is 10.1. The molecule has 0 heterocycles. The second-order valence-electron chi connectivity index (χ2n) is 5.25. The second kappa shape index (κ2) is 6.89. The molecule has 2 aromatic carbocycles. The first-order valence-electron chi connectivity index (χ1n) is 7.17. The van der Waals surface area contributed by atoms with E-state index in [1.165, 1.54) is 18.2 Å². The molecule has 0 aliphatic rings. The zero-order valence-electron chi connectivity index (χ0n) is 12.9. The van der Waals surface area contributed by atoms with Gasteiger partial charge in [0, 0.05) is 18.2 Å². The van der Waals surface area contributed by atoms with Crippen molar-refractivity contribution in [1.29, 1.82) is 0 Å². The van der Waals surface area contributed by atoms with Crippen LogP contribution in [-0.4, -0.2) is 13.3 Å². The Morgan fingerprint density at radius 3 is 2.39 bits per heavy atom. The summed E-state index contributed by atoms with van der Waals surface area (Å²) in [6, 6.07) is 12.2. The fourth-order valence-corrected chi connectivity index (χ4v) is 3.55. The van der Waals surface area contributed by atoms with Crippen LogP contribution in [0.2, 0.25) is 0 Å². The molecule has 2 rings (SSSR count). The van der Waals surface area contributed by atoms with Crippen LogP contribution < -0.4 is 4.72 Å². The Morgan fingerprint density at radius 2 is 1.83 bits per heavy atom. The van der Waals surface area contributed by atoms with E-state index in [2.05, 4.69) is 4.72 Å². The molecule has 1 N–H and O–H groups in total. The standard InChI is InChI=1S/C16H18N2O4S/c1-3-16(13-9-7-12(2)8-10-13)17-23(21,22)15-6-4-5-14(11-15)18(19)20/h4-11,16-17H,3H2,1-2H3/t16-/m1/s1. The molecular formula is C16H18N2O4S. The number of benzene rings is 2. The predicted octanol–water partition coefficient (Wildman–Crippen LogP) is 3.33. The van der Waals surface area contributed by atoms with Crippen LogP contribution in [0, 0.1) is 17.0 Å². The number of nitrogens with one attached hydrogen (secondary N) is 1. The zero-order chi connectivity index (χ0) is 17.0. The minimum Gasteiger partial charge on any atom is -0.258 e. The Hall–Kier alpha value is -2.25. The predicted molar refractivity (Wildman–Crippen MR) is 87.6 cm³/mol. The van der Waals surface area contributed by atoms with Crippen molar-refractivity contribution in [3.05, 3.63) is 69.8 Å². The van der Waals surface area contributed by atoms with Gasteiger partial charge in [-0.05, 0) is 25.0 Å². The monoisotopic (exact) mass is 334 g/mol. The van der Waals surface area contributed by atoms with Gasteiger partial charge >= 0.3 is 0 Å². The average molecular weight is 334 g/mol. The number of hydrogen-bond donors (Lipinski definition) is 1. The lowest BCUT2D eigenvalue weighted by atomic mass is 10.0. The number of aryl methyl sites for hydroxylation is 1. The van der Waals surface area contributed by atoms with Gasteiger partial charge in [-0.25, -0.2) is 13.1 Å². The minimum absolute atomic E-state index is 0.114. The van der Waals surface area contributed by atoms with E-state index < -0.39 is 14.9 Å². The Kier molecular flexibility index (Phi) is 5.12. The van der Waals surface area contributed by atoms with Crippen LogP contribution in [0.3, 0.4) is 0 Å². The van der Waals surface area contributed by atoms with Gasteiger partial charge in [-0.1, -0.05) is 42.8 Å². The van der Waals surface area contributed by atoms with Crippen LogP contribution in [-0.2, 0) is 10.0 Å². The van der Waals surface area contributed by atoms with Crippen molar-refractivity contribution in [1.82, 2.24) is 4.72 Å². The van der Waals surface area contributed by atoms with Crippen LogP contribution in [0.15, 0.2) is 53.4 Å². The topological polar surface area (TPSA) is 89.3 Å². The van der Waals surface area contributed by atoms with Crippen molar-refractivity contribution in [3.8, 4) is 0 Å². The van der Waals surface area contributed by atoms with Crippen LogP contribution in [0.1, 0.15) is 30.5 Å². The lowest BCUT2D eigenvalue weighted by Crippen LogP contribution is -2.28. The molecule has 0 saturated carbocycles. The third-order valence-corrected chi connectivity index (χ3v) is 4.99. The number of non-ortho nitro benzene ring substituents is 1. The van der Waals surface area contributed by atoms with Gasteiger partial charge in [0.25, 0.3) is 5.69 Å². The highest BCUT2D eigenvalue weighted by Crippen LogP contribution is 2.22. The molecule has 0 aromatic heterocycles. The van der Waals surface area contributed by atoms with Gasteiger partial charge in [-0.2, -0.15) is 0 Å². The molecule has 23 heavy (non-hydrogen) atoms. The first kappa shape index (κ1) is 17.1. The maximum atomic E-state index is 12.5. The van der Waals surface area contributed by atoms with Crippen LogP contribution >= 0.6 is 0 Å². The highest BCUT2D eigenvalue weighted by Gasteiger charge is 2.22. The summed E-state index contributed by atoms with van der Waals surface area (Å²) in [7, 11) is -3.84. The Labute approximate surface area is 135 Å².